The van der Waals surface area contributed by atoms with Crippen LogP contribution in [0.15, 0.2) is 78.9 Å². The highest BCUT2D eigenvalue weighted by Gasteiger charge is 2.16. The lowest BCUT2D eigenvalue weighted by Crippen LogP contribution is -2.30. The summed E-state index contributed by atoms with van der Waals surface area (Å²) in [4.78, 5) is 29.3. The second-order valence-corrected chi connectivity index (χ2v) is 6.62. The van der Waals surface area contributed by atoms with Crippen LogP contribution in [0.25, 0.3) is 0 Å². The summed E-state index contributed by atoms with van der Waals surface area (Å²) in [5.41, 5.74) is 2.42. The van der Waals surface area contributed by atoms with Crippen LogP contribution < -0.4 is 10.6 Å². The second-order valence-electron chi connectivity index (χ2n) is 6.62. The Kier molecular flexibility index (Phi) is 6.17. The lowest BCUT2D eigenvalue weighted by molar-refractivity contribution is 0.0930. The minimum atomic E-state index is -0.317. The summed E-state index contributed by atoms with van der Waals surface area (Å²) in [6, 6.07) is 23.9. The van der Waals surface area contributed by atoms with Crippen LogP contribution in [0, 0.1) is 0 Å². The molecule has 3 aromatic rings. The Balaban J connectivity index is 1.67. The Hall–Kier alpha value is -3.47. The molecule has 0 fully saturated rings. The smallest absolute Gasteiger partial charge is 0.270 e. The SMILES string of the molecule is C[C@H](NC(=O)c1cccc(C(=O)N[C@H](C)c2ccccc2)n1)c1ccccc1. The molecular formula is C23H23N3O2. The third-order valence-corrected chi connectivity index (χ3v) is 4.51. The quantitative estimate of drug-likeness (QED) is 0.684. The zero-order valence-corrected chi connectivity index (χ0v) is 15.9. The molecule has 2 aromatic carbocycles. The standard InChI is InChI=1S/C23H23N3O2/c1-16(18-10-5-3-6-11-18)24-22(27)20-14-9-15-21(26-20)23(28)25-17(2)19-12-7-4-8-13-19/h3-17H,1-2H3,(H,24,27)(H,25,28)/t16-,17+. The van der Waals surface area contributed by atoms with Crippen molar-refractivity contribution in [3.8, 4) is 0 Å². The topological polar surface area (TPSA) is 71.1 Å². The van der Waals surface area contributed by atoms with Crippen LogP contribution in [0.2, 0.25) is 0 Å². The van der Waals surface area contributed by atoms with Crippen molar-refractivity contribution in [2.24, 2.45) is 0 Å². The maximum Gasteiger partial charge on any atom is 0.270 e. The van der Waals surface area contributed by atoms with E-state index in [-0.39, 0.29) is 35.3 Å². The first-order chi connectivity index (χ1) is 13.5. The Labute approximate surface area is 164 Å². The normalized spacial score (nSPS) is 12.6. The highest BCUT2D eigenvalue weighted by molar-refractivity contribution is 5.96. The molecule has 2 atom stereocenters. The average molecular weight is 373 g/mol. The maximum absolute atomic E-state index is 12.5. The Morgan fingerprint density at radius 3 is 1.43 bits per heavy atom. The van der Waals surface area contributed by atoms with E-state index in [4.69, 9.17) is 0 Å². The summed E-state index contributed by atoms with van der Waals surface area (Å²) in [7, 11) is 0. The maximum atomic E-state index is 12.5. The molecule has 0 unspecified atom stereocenters. The van der Waals surface area contributed by atoms with Gasteiger partial charge in [0.2, 0.25) is 0 Å². The highest BCUT2D eigenvalue weighted by Crippen LogP contribution is 2.14. The van der Waals surface area contributed by atoms with Gasteiger partial charge in [-0.3, -0.25) is 9.59 Å². The molecule has 1 aromatic heterocycles. The lowest BCUT2D eigenvalue weighted by Gasteiger charge is -2.15. The van der Waals surface area contributed by atoms with Crippen LogP contribution in [0.4, 0.5) is 0 Å². The molecule has 2 amide bonds. The van der Waals surface area contributed by atoms with Crippen LogP contribution in [0.5, 0.6) is 0 Å². The third-order valence-electron chi connectivity index (χ3n) is 4.51. The molecule has 5 heteroatoms. The highest BCUT2D eigenvalue weighted by atomic mass is 16.2. The van der Waals surface area contributed by atoms with Crippen LogP contribution in [-0.2, 0) is 0 Å². The minimum absolute atomic E-state index is 0.161. The predicted molar refractivity (Wildman–Crippen MR) is 109 cm³/mol. The van der Waals surface area contributed by atoms with Gasteiger partial charge >= 0.3 is 0 Å². The van der Waals surface area contributed by atoms with Gasteiger partial charge in [0.15, 0.2) is 0 Å². The number of hydrogen-bond acceptors (Lipinski definition) is 3. The summed E-state index contributed by atoms with van der Waals surface area (Å²) in [5, 5.41) is 5.82. The minimum Gasteiger partial charge on any atom is -0.344 e. The first-order valence-corrected chi connectivity index (χ1v) is 9.23. The summed E-state index contributed by atoms with van der Waals surface area (Å²) >= 11 is 0. The number of pyridine rings is 1. The monoisotopic (exact) mass is 373 g/mol. The molecule has 0 saturated heterocycles. The van der Waals surface area contributed by atoms with Crippen LogP contribution in [-0.4, -0.2) is 16.8 Å². The van der Waals surface area contributed by atoms with E-state index >= 15 is 0 Å². The largest absolute Gasteiger partial charge is 0.344 e. The molecule has 5 nitrogen and oxygen atoms in total. The molecular weight excluding hydrogens is 350 g/mol. The predicted octanol–water partition coefficient (Wildman–Crippen LogP) is 4.06. The van der Waals surface area contributed by atoms with Gasteiger partial charge in [0, 0.05) is 0 Å². The van der Waals surface area contributed by atoms with Crippen LogP contribution in [0.3, 0.4) is 0 Å². The first kappa shape index (κ1) is 19.3. The molecule has 142 valence electrons. The number of carbonyl (C=O) groups is 2. The zero-order chi connectivity index (χ0) is 19.9. The number of nitrogens with one attached hydrogen (secondary N) is 2. The molecule has 0 aliphatic carbocycles. The Bertz CT molecular complexity index is 868. The molecule has 28 heavy (non-hydrogen) atoms. The van der Waals surface area contributed by atoms with Crippen molar-refractivity contribution >= 4 is 11.8 Å². The number of hydrogen-bond donors (Lipinski definition) is 2. The Morgan fingerprint density at radius 2 is 1.04 bits per heavy atom. The van der Waals surface area contributed by atoms with E-state index in [0.29, 0.717) is 0 Å². The third kappa shape index (κ3) is 4.82. The molecule has 0 aliphatic heterocycles. The van der Waals surface area contributed by atoms with Gasteiger partial charge in [-0.05, 0) is 37.1 Å². The van der Waals surface area contributed by atoms with Crippen molar-refractivity contribution in [3.05, 3.63) is 101 Å². The van der Waals surface area contributed by atoms with Crippen molar-refractivity contribution in [2.75, 3.05) is 0 Å². The summed E-state index contributed by atoms with van der Waals surface area (Å²) < 4.78 is 0. The van der Waals surface area contributed by atoms with E-state index in [9.17, 15) is 9.59 Å². The summed E-state index contributed by atoms with van der Waals surface area (Å²) in [5.74, 6) is -0.635. The van der Waals surface area contributed by atoms with E-state index < -0.39 is 0 Å². The van der Waals surface area contributed by atoms with Gasteiger partial charge in [0.25, 0.3) is 11.8 Å². The first-order valence-electron chi connectivity index (χ1n) is 9.23. The van der Waals surface area contributed by atoms with Crippen molar-refractivity contribution in [1.29, 1.82) is 0 Å². The zero-order valence-electron chi connectivity index (χ0n) is 15.9. The van der Waals surface area contributed by atoms with Gasteiger partial charge in [-0.1, -0.05) is 66.7 Å². The molecule has 0 saturated carbocycles. The lowest BCUT2D eigenvalue weighted by atomic mass is 10.1. The van der Waals surface area contributed by atoms with Crippen molar-refractivity contribution in [1.82, 2.24) is 15.6 Å². The number of aromatic nitrogens is 1. The van der Waals surface area contributed by atoms with Gasteiger partial charge in [-0.2, -0.15) is 0 Å². The van der Waals surface area contributed by atoms with E-state index in [1.54, 1.807) is 18.2 Å². The average Bonchev–Trinajstić information content (AvgIpc) is 2.75. The molecule has 3 rings (SSSR count). The van der Waals surface area contributed by atoms with Crippen LogP contribution in [0.1, 0.15) is 58.0 Å². The molecule has 0 aliphatic rings. The Morgan fingerprint density at radius 1 is 0.643 bits per heavy atom. The van der Waals surface area contributed by atoms with E-state index in [0.717, 1.165) is 11.1 Å². The molecule has 2 N–H and O–H groups in total. The molecule has 0 radical (unpaired) electrons. The molecule has 1 heterocycles. The van der Waals surface area contributed by atoms with Gasteiger partial charge in [-0.15, -0.1) is 0 Å². The summed E-state index contributed by atoms with van der Waals surface area (Å²) in [6.45, 7) is 3.82. The van der Waals surface area contributed by atoms with Gasteiger partial charge in [-0.25, -0.2) is 4.98 Å². The molecule has 0 bridgehead atoms. The van der Waals surface area contributed by atoms with Gasteiger partial charge in [0.1, 0.15) is 11.4 Å². The van der Waals surface area contributed by atoms with E-state index in [1.807, 2.05) is 74.5 Å². The number of rotatable bonds is 6. The fourth-order valence-electron chi connectivity index (χ4n) is 2.88. The van der Waals surface area contributed by atoms with Gasteiger partial charge < -0.3 is 10.6 Å². The number of amides is 2. The number of nitrogens with zero attached hydrogens (tertiary/aromatic N) is 1. The van der Waals surface area contributed by atoms with Crippen LogP contribution >= 0.6 is 0 Å². The molecule has 0 spiro atoms. The van der Waals surface area contributed by atoms with Gasteiger partial charge in [0.05, 0.1) is 12.1 Å². The van der Waals surface area contributed by atoms with E-state index in [2.05, 4.69) is 15.6 Å². The second kappa shape index (κ2) is 8.95. The van der Waals surface area contributed by atoms with Crippen molar-refractivity contribution in [3.63, 3.8) is 0 Å². The fourth-order valence-corrected chi connectivity index (χ4v) is 2.88. The van der Waals surface area contributed by atoms with Crippen molar-refractivity contribution in [2.45, 2.75) is 25.9 Å². The summed E-state index contributed by atoms with van der Waals surface area (Å²) in [6.07, 6.45) is 0. The number of carbonyl (C=O) groups excluding carboxylic acids is 2. The van der Waals surface area contributed by atoms with E-state index in [1.165, 1.54) is 0 Å². The van der Waals surface area contributed by atoms with Crippen molar-refractivity contribution < 1.29 is 9.59 Å². The fraction of sp³-hybridized carbons (Fsp3) is 0.174. The number of benzene rings is 2.